The maximum absolute atomic E-state index is 12.8. The predicted octanol–water partition coefficient (Wildman–Crippen LogP) is 2.37. The largest absolute Gasteiger partial charge is 0.399 e. The van der Waals surface area contributed by atoms with Crippen LogP contribution in [0.1, 0.15) is 12.5 Å². The fourth-order valence-electron chi connectivity index (χ4n) is 1.66. The predicted molar refractivity (Wildman–Crippen MR) is 71.5 cm³/mol. The second-order valence-corrected chi connectivity index (χ2v) is 4.65. The van der Waals surface area contributed by atoms with Crippen molar-refractivity contribution in [3.05, 3.63) is 30.1 Å². The maximum atomic E-state index is 12.8. The molecule has 19 heavy (non-hydrogen) atoms. The van der Waals surface area contributed by atoms with Crippen LogP contribution in [-0.4, -0.2) is 34.1 Å². The summed E-state index contributed by atoms with van der Waals surface area (Å²) in [5, 5.41) is 0. The molecule has 0 radical (unpaired) electrons. The Labute approximate surface area is 115 Å². The van der Waals surface area contributed by atoms with Crippen molar-refractivity contribution in [1.29, 1.82) is 0 Å². The van der Waals surface area contributed by atoms with Crippen LogP contribution in [0.2, 0.25) is 0 Å². The number of nitrogens with zero attached hydrogens (tertiary/aromatic N) is 2. The van der Waals surface area contributed by atoms with Gasteiger partial charge in [0.1, 0.15) is 5.92 Å². The Balaban J connectivity index is 2.73. The van der Waals surface area contributed by atoms with Crippen LogP contribution in [0.5, 0.6) is 0 Å². The molecule has 0 spiro atoms. The van der Waals surface area contributed by atoms with E-state index in [0.29, 0.717) is 13.1 Å². The lowest BCUT2D eigenvalue weighted by Gasteiger charge is -2.27. The van der Waals surface area contributed by atoms with Gasteiger partial charge in [-0.2, -0.15) is 13.2 Å². The van der Waals surface area contributed by atoms with Gasteiger partial charge < -0.3 is 5.73 Å². The van der Waals surface area contributed by atoms with Crippen LogP contribution in [-0.2, 0) is 6.54 Å². The van der Waals surface area contributed by atoms with Gasteiger partial charge in [-0.3, -0.25) is 9.88 Å². The van der Waals surface area contributed by atoms with E-state index in [0.717, 1.165) is 5.56 Å². The van der Waals surface area contributed by atoms with Gasteiger partial charge in [-0.05, 0) is 24.2 Å². The molecule has 0 aliphatic rings. The standard InChI is InChI=1S/C12H16F3N3S/c1-2-18(7-9-3-5-17-6-4-9)8-10(11(16)19)12(13,14)15/h3-6,10H,2,7-8H2,1H3,(H2,16,19). The topological polar surface area (TPSA) is 42.2 Å². The molecular formula is C12H16F3N3S. The molecule has 0 bridgehead atoms. The Morgan fingerprint density at radius 1 is 1.42 bits per heavy atom. The minimum Gasteiger partial charge on any atom is -0.393 e. The molecule has 3 nitrogen and oxygen atoms in total. The summed E-state index contributed by atoms with van der Waals surface area (Å²) in [6.07, 6.45) is -1.19. The Morgan fingerprint density at radius 3 is 2.42 bits per heavy atom. The molecule has 1 atom stereocenters. The van der Waals surface area contributed by atoms with E-state index < -0.39 is 17.1 Å². The molecule has 0 aliphatic carbocycles. The molecule has 1 aromatic heterocycles. The van der Waals surface area contributed by atoms with Crippen LogP contribution < -0.4 is 5.73 Å². The summed E-state index contributed by atoms with van der Waals surface area (Å²) >= 11 is 4.52. The van der Waals surface area contributed by atoms with E-state index in [9.17, 15) is 13.2 Å². The summed E-state index contributed by atoms with van der Waals surface area (Å²) in [5.41, 5.74) is 6.10. The number of rotatable bonds is 6. The van der Waals surface area contributed by atoms with Gasteiger partial charge in [0.2, 0.25) is 0 Å². The Bertz CT molecular complexity index is 408. The molecule has 0 aromatic carbocycles. The molecule has 1 heterocycles. The molecule has 0 fully saturated rings. The minimum absolute atomic E-state index is 0.225. The van der Waals surface area contributed by atoms with E-state index in [1.807, 2.05) is 0 Å². The third-order valence-corrected chi connectivity index (χ3v) is 3.07. The van der Waals surface area contributed by atoms with E-state index >= 15 is 0 Å². The van der Waals surface area contributed by atoms with Crippen molar-refractivity contribution < 1.29 is 13.2 Å². The summed E-state index contributed by atoms with van der Waals surface area (Å²) in [7, 11) is 0. The zero-order valence-electron chi connectivity index (χ0n) is 10.5. The van der Waals surface area contributed by atoms with Gasteiger partial charge in [0.15, 0.2) is 0 Å². The molecule has 0 aliphatic heterocycles. The average Bonchev–Trinajstić information content (AvgIpc) is 2.33. The lowest BCUT2D eigenvalue weighted by molar-refractivity contribution is -0.159. The highest BCUT2D eigenvalue weighted by atomic mass is 32.1. The zero-order valence-corrected chi connectivity index (χ0v) is 11.3. The first-order chi connectivity index (χ1) is 8.84. The van der Waals surface area contributed by atoms with Gasteiger partial charge in [-0.1, -0.05) is 19.1 Å². The van der Waals surface area contributed by atoms with Crippen LogP contribution in [0.25, 0.3) is 0 Å². The summed E-state index contributed by atoms with van der Waals surface area (Å²) in [5.74, 6) is -1.77. The normalized spacial score (nSPS) is 13.5. The molecule has 1 unspecified atom stereocenters. The second kappa shape index (κ2) is 6.81. The van der Waals surface area contributed by atoms with Gasteiger partial charge in [0.25, 0.3) is 0 Å². The number of nitrogens with two attached hydrogens (primary N) is 1. The van der Waals surface area contributed by atoms with Crippen LogP contribution in [0, 0.1) is 5.92 Å². The lowest BCUT2D eigenvalue weighted by atomic mass is 10.1. The smallest absolute Gasteiger partial charge is 0.393 e. The fraction of sp³-hybridized carbons (Fsp3) is 0.500. The van der Waals surface area contributed by atoms with E-state index in [-0.39, 0.29) is 6.54 Å². The van der Waals surface area contributed by atoms with Crippen molar-refractivity contribution in [3.8, 4) is 0 Å². The number of hydrogen-bond acceptors (Lipinski definition) is 3. The van der Waals surface area contributed by atoms with Crippen LogP contribution >= 0.6 is 12.2 Å². The molecule has 0 amide bonds. The molecule has 0 saturated heterocycles. The zero-order chi connectivity index (χ0) is 14.5. The van der Waals surface area contributed by atoms with Crippen molar-refractivity contribution in [2.75, 3.05) is 13.1 Å². The van der Waals surface area contributed by atoms with Crippen LogP contribution in [0.3, 0.4) is 0 Å². The Morgan fingerprint density at radius 2 is 2.00 bits per heavy atom. The summed E-state index contributed by atoms with van der Waals surface area (Å²) < 4.78 is 38.4. The van der Waals surface area contributed by atoms with Crippen molar-refractivity contribution in [2.24, 2.45) is 11.7 Å². The maximum Gasteiger partial charge on any atom is 0.399 e. The molecular weight excluding hydrogens is 275 g/mol. The third kappa shape index (κ3) is 5.12. The van der Waals surface area contributed by atoms with E-state index in [1.54, 1.807) is 36.4 Å². The average molecular weight is 291 g/mol. The molecule has 1 aromatic rings. The number of alkyl halides is 3. The monoisotopic (exact) mass is 291 g/mol. The number of pyridine rings is 1. The minimum atomic E-state index is -4.41. The number of hydrogen-bond donors (Lipinski definition) is 1. The molecule has 2 N–H and O–H groups in total. The Hall–Kier alpha value is -1.21. The van der Waals surface area contributed by atoms with E-state index in [4.69, 9.17) is 5.73 Å². The van der Waals surface area contributed by atoms with Crippen LogP contribution in [0.4, 0.5) is 13.2 Å². The first-order valence-electron chi connectivity index (χ1n) is 5.82. The van der Waals surface area contributed by atoms with Crippen molar-refractivity contribution >= 4 is 17.2 Å². The van der Waals surface area contributed by atoms with Crippen LogP contribution in [0.15, 0.2) is 24.5 Å². The molecule has 0 saturated carbocycles. The number of thiocarbonyl (C=S) groups is 1. The third-order valence-electron chi connectivity index (χ3n) is 2.78. The molecule has 1 rings (SSSR count). The van der Waals surface area contributed by atoms with Gasteiger partial charge in [-0.15, -0.1) is 0 Å². The fourth-order valence-corrected chi connectivity index (χ4v) is 1.87. The summed E-state index contributed by atoms with van der Waals surface area (Å²) in [4.78, 5) is 5.01. The van der Waals surface area contributed by atoms with Gasteiger partial charge in [-0.25, -0.2) is 0 Å². The Kier molecular flexibility index (Phi) is 5.68. The van der Waals surface area contributed by atoms with Gasteiger partial charge >= 0.3 is 6.18 Å². The van der Waals surface area contributed by atoms with E-state index in [1.165, 1.54) is 0 Å². The highest BCUT2D eigenvalue weighted by molar-refractivity contribution is 7.80. The second-order valence-electron chi connectivity index (χ2n) is 4.18. The molecule has 106 valence electrons. The first kappa shape index (κ1) is 15.8. The highest BCUT2D eigenvalue weighted by Gasteiger charge is 2.42. The van der Waals surface area contributed by atoms with Gasteiger partial charge in [0.05, 0.1) is 4.99 Å². The highest BCUT2D eigenvalue weighted by Crippen LogP contribution is 2.27. The number of halogens is 3. The quantitative estimate of drug-likeness (QED) is 0.817. The van der Waals surface area contributed by atoms with Crippen molar-refractivity contribution in [1.82, 2.24) is 9.88 Å². The first-order valence-corrected chi connectivity index (χ1v) is 6.22. The molecule has 7 heteroatoms. The summed E-state index contributed by atoms with van der Waals surface area (Å²) in [6.45, 7) is 2.47. The van der Waals surface area contributed by atoms with Crippen molar-refractivity contribution in [3.63, 3.8) is 0 Å². The lowest BCUT2D eigenvalue weighted by Crippen LogP contribution is -2.43. The van der Waals surface area contributed by atoms with Crippen molar-refractivity contribution in [2.45, 2.75) is 19.6 Å². The SMILES string of the molecule is CCN(Cc1ccncc1)CC(C(N)=S)C(F)(F)F. The summed E-state index contributed by atoms with van der Waals surface area (Å²) in [6, 6.07) is 3.54. The number of aromatic nitrogens is 1. The van der Waals surface area contributed by atoms with E-state index in [2.05, 4.69) is 17.2 Å². The van der Waals surface area contributed by atoms with Gasteiger partial charge in [0, 0.05) is 25.5 Å².